The molecule has 1 saturated heterocycles. The summed E-state index contributed by atoms with van der Waals surface area (Å²) in [6.07, 6.45) is 1.07. The topological polar surface area (TPSA) is 57.6 Å². The van der Waals surface area contributed by atoms with Crippen LogP contribution in [-0.2, 0) is 9.59 Å². The lowest BCUT2D eigenvalue weighted by molar-refractivity contribution is -0.149. The van der Waals surface area contributed by atoms with Crippen LogP contribution >= 0.6 is 0 Å². The first-order valence-corrected chi connectivity index (χ1v) is 5.99. The van der Waals surface area contributed by atoms with Crippen LogP contribution in [0.2, 0.25) is 0 Å². The van der Waals surface area contributed by atoms with Gasteiger partial charge in [-0.1, -0.05) is 0 Å². The van der Waals surface area contributed by atoms with Crippen LogP contribution in [0.5, 0.6) is 0 Å². The first kappa shape index (κ1) is 11.6. The molecule has 2 unspecified atom stereocenters. The van der Waals surface area contributed by atoms with Gasteiger partial charge in [-0.25, -0.2) is 0 Å². The summed E-state index contributed by atoms with van der Waals surface area (Å²) in [5.74, 6) is -0.830. The molecule has 16 heavy (non-hydrogen) atoms. The minimum Gasteiger partial charge on any atom is -0.481 e. The van der Waals surface area contributed by atoms with E-state index in [1.807, 2.05) is 0 Å². The molecule has 1 saturated carbocycles. The lowest BCUT2D eigenvalue weighted by Crippen LogP contribution is -2.53. The number of hydrogen-bond acceptors (Lipinski definition) is 3. The standard InChI is InChI=1S/C12H19NO3/c1-7(2)13-5-9-3-8(12(15)16)4-10(6-13)11(9)14/h7-10H,3-6H2,1-2H3,(H,15,16). The average Bonchev–Trinajstić information content (AvgIpc) is 2.15. The van der Waals surface area contributed by atoms with Gasteiger partial charge in [-0.2, -0.15) is 0 Å². The van der Waals surface area contributed by atoms with E-state index in [2.05, 4.69) is 18.7 Å². The van der Waals surface area contributed by atoms with Gasteiger partial charge < -0.3 is 5.11 Å². The van der Waals surface area contributed by atoms with E-state index in [-0.39, 0.29) is 17.8 Å². The number of likely N-dealkylation sites (tertiary alicyclic amines) is 1. The number of hydrogen-bond donors (Lipinski definition) is 1. The Labute approximate surface area is 95.6 Å². The van der Waals surface area contributed by atoms with E-state index in [1.165, 1.54) is 0 Å². The molecule has 0 amide bonds. The van der Waals surface area contributed by atoms with Crippen molar-refractivity contribution in [1.82, 2.24) is 4.90 Å². The number of ketones is 1. The van der Waals surface area contributed by atoms with Gasteiger partial charge in [0.25, 0.3) is 0 Å². The highest BCUT2D eigenvalue weighted by Crippen LogP contribution is 2.36. The summed E-state index contributed by atoms with van der Waals surface area (Å²) in [5, 5.41) is 9.03. The van der Waals surface area contributed by atoms with Gasteiger partial charge in [-0.3, -0.25) is 14.5 Å². The maximum Gasteiger partial charge on any atom is 0.306 e. The second kappa shape index (κ2) is 4.17. The van der Waals surface area contributed by atoms with E-state index in [0.29, 0.717) is 24.7 Å². The molecule has 4 nitrogen and oxygen atoms in total. The van der Waals surface area contributed by atoms with Crippen molar-refractivity contribution in [2.75, 3.05) is 13.1 Å². The second-order valence-electron chi connectivity index (χ2n) is 5.35. The molecule has 0 aromatic heterocycles. The normalized spacial score (nSPS) is 35.4. The zero-order valence-corrected chi connectivity index (χ0v) is 9.85. The fraction of sp³-hybridized carbons (Fsp3) is 0.833. The first-order valence-electron chi connectivity index (χ1n) is 5.99. The Morgan fingerprint density at radius 3 is 2.19 bits per heavy atom. The number of piperidine rings is 1. The van der Waals surface area contributed by atoms with Gasteiger partial charge in [0.2, 0.25) is 0 Å². The zero-order chi connectivity index (χ0) is 11.9. The summed E-state index contributed by atoms with van der Waals surface area (Å²) in [5.41, 5.74) is 0. The highest BCUT2D eigenvalue weighted by Gasteiger charge is 2.44. The molecule has 2 aliphatic rings. The van der Waals surface area contributed by atoms with Crippen molar-refractivity contribution in [3.63, 3.8) is 0 Å². The summed E-state index contributed by atoms with van der Waals surface area (Å²) in [6, 6.07) is 0.444. The Hall–Kier alpha value is -0.900. The highest BCUT2D eigenvalue weighted by molar-refractivity contribution is 5.87. The van der Waals surface area contributed by atoms with Crippen molar-refractivity contribution in [3.8, 4) is 0 Å². The van der Waals surface area contributed by atoms with E-state index < -0.39 is 5.97 Å². The average molecular weight is 225 g/mol. The van der Waals surface area contributed by atoms with Crippen LogP contribution < -0.4 is 0 Å². The monoisotopic (exact) mass is 225 g/mol. The van der Waals surface area contributed by atoms with Crippen molar-refractivity contribution in [3.05, 3.63) is 0 Å². The molecule has 1 N–H and O–H groups in total. The van der Waals surface area contributed by atoms with Gasteiger partial charge in [-0.15, -0.1) is 0 Å². The molecule has 1 aliphatic carbocycles. The van der Waals surface area contributed by atoms with Crippen molar-refractivity contribution >= 4 is 11.8 Å². The molecule has 1 heterocycles. The lowest BCUT2D eigenvalue weighted by atomic mass is 9.71. The molecule has 1 aliphatic heterocycles. The molecular weight excluding hydrogens is 206 g/mol. The van der Waals surface area contributed by atoms with E-state index in [9.17, 15) is 9.59 Å². The number of carbonyl (C=O) groups is 2. The van der Waals surface area contributed by atoms with Gasteiger partial charge in [0.15, 0.2) is 0 Å². The fourth-order valence-electron chi connectivity index (χ4n) is 2.94. The number of aliphatic carboxylic acids is 1. The molecular formula is C12H19NO3. The molecule has 2 fully saturated rings. The first-order chi connectivity index (χ1) is 7.49. The Morgan fingerprint density at radius 1 is 1.31 bits per heavy atom. The van der Waals surface area contributed by atoms with Crippen molar-refractivity contribution in [2.24, 2.45) is 17.8 Å². The third kappa shape index (κ3) is 1.98. The Balaban J connectivity index is 2.10. The zero-order valence-electron chi connectivity index (χ0n) is 9.85. The van der Waals surface area contributed by atoms with Crippen LogP contribution in [0.3, 0.4) is 0 Å². The maximum atomic E-state index is 11.9. The number of carboxylic acids is 1. The SMILES string of the molecule is CC(C)N1CC2CC(C(=O)O)CC(C1)C2=O. The predicted octanol–water partition coefficient (Wildman–Crippen LogP) is 1.01. The fourth-order valence-corrected chi connectivity index (χ4v) is 2.94. The van der Waals surface area contributed by atoms with Crippen LogP contribution in [0.1, 0.15) is 26.7 Å². The van der Waals surface area contributed by atoms with E-state index in [1.54, 1.807) is 0 Å². The van der Waals surface area contributed by atoms with Crippen LogP contribution in [0.15, 0.2) is 0 Å². The smallest absolute Gasteiger partial charge is 0.306 e. The van der Waals surface area contributed by atoms with Gasteiger partial charge in [0, 0.05) is 31.0 Å². The number of rotatable bonds is 2. The van der Waals surface area contributed by atoms with Gasteiger partial charge in [0.1, 0.15) is 5.78 Å². The third-order valence-electron chi connectivity index (χ3n) is 3.93. The summed E-state index contributed by atoms with van der Waals surface area (Å²) in [7, 11) is 0. The molecule has 4 heteroatoms. The summed E-state index contributed by atoms with van der Waals surface area (Å²) in [6.45, 7) is 5.74. The van der Waals surface area contributed by atoms with Gasteiger partial charge in [-0.05, 0) is 26.7 Å². The van der Waals surface area contributed by atoms with E-state index in [0.717, 1.165) is 13.1 Å². The third-order valence-corrected chi connectivity index (χ3v) is 3.93. The van der Waals surface area contributed by atoms with Crippen LogP contribution in [0.25, 0.3) is 0 Å². The molecule has 2 atom stereocenters. The molecule has 0 radical (unpaired) electrons. The van der Waals surface area contributed by atoms with Crippen LogP contribution in [0, 0.1) is 17.8 Å². The quantitative estimate of drug-likeness (QED) is 0.762. The summed E-state index contributed by atoms with van der Waals surface area (Å²) in [4.78, 5) is 25.2. The van der Waals surface area contributed by atoms with E-state index in [4.69, 9.17) is 5.11 Å². The molecule has 2 rings (SSSR count). The Bertz CT molecular complexity index is 295. The van der Waals surface area contributed by atoms with Crippen molar-refractivity contribution in [2.45, 2.75) is 32.7 Å². The minimum atomic E-state index is -0.736. The largest absolute Gasteiger partial charge is 0.481 e. The number of carbonyl (C=O) groups excluding carboxylic acids is 1. The van der Waals surface area contributed by atoms with Gasteiger partial charge >= 0.3 is 5.97 Å². The Kier molecular flexibility index (Phi) is 3.02. The second-order valence-corrected chi connectivity index (χ2v) is 5.35. The minimum absolute atomic E-state index is 0.0454. The lowest BCUT2D eigenvalue weighted by Gasteiger charge is -2.43. The van der Waals surface area contributed by atoms with Crippen LogP contribution in [0.4, 0.5) is 0 Å². The molecule has 0 spiro atoms. The summed E-state index contributed by atoms with van der Waals surface area (Å²) >= 11 is 0. The molecule has 0 aromatic carbocycles. The number of carboxylic acid groups (broad SMARTS) is 1. The highest BCUT2D eigenvalue weighted by atomic mass is 16.4. The molecule has 0 aromatic rings. The van der Waals surface area contributed by atoms with E-state index >= 15 is 0 Å². The van der Waals surface area contributed by atoms with Gasteiger partial charge in [0.05, 0.1) is 5.92 Å². The summed E-state index contributed by atoms with van der Waals surface area (Å²) < 4.78 is 0. The number of fused-ring (bicyclic) bond motifs is 2. The maximum absolute atomic E-state index is 11.9. The predicted molar refractivity (Wildman–Crippen MR) is 59.1 cm³/mol. The number of Topliss-reactive ketones (excluding diaryl/α,β-unsaturated/α-hetero) is 1. The Morgan fingerprint density at radius 2 is 1.81 bits per heavy atom. The number of nitrogens with zero attached hydrogens (tertiary/aromatic N) is 1. The van der Waals surface area contributed by atoms with Crippen molar-refractivity contribution < 1.29 is 14.7 Å². The van der Waals surface area contributed by atoms with Crippen LogP contribution in [-0.4, -0.2) is 40.9 Å². The molecule has 90 valence electrons. The van der Waals surface area contributed by atoms with Crippen molar-refractivity contribution in [1.29, 1.82) is 0 Å². The molecule has 2 bridgehead atoms.